The normalized spacial score (nSPS) is 10.6. The van der Waals surface area contributed by atoms with Crippen molar-refractivity contribution in [2.24, 2.45) is 5.73 Å². The van der Waals surface area contributed by atoms with Gasteiger partial charge in [0, 0.05) is 0 Å². The third-order valence-electron chi connectivity index (χ3n) is 2.40. The molecule has 0 aliphatic carbocycles. The Balaban J connectivity index is 2.76. The molecule has 0 aromatic carbocycles. The summed E-state index contributed by atoms with van der Waals surface area (Å²) in [5, 5.41) is 0. The van der Waals surface area contributed by atoms with Gasteiger partial charge in [-0.15, -0.1) is 0 Å². The van der Waals surface area contributed by atoms with Gasteiger partial charge in [-0.2, -0.15) is 0 Å². The van der Waals surface area contributed by atoms with Crippen molar-refractivity contribution in [3.63, 3.8) is 0 Å². The highest BCUT2D eigenvalue weighted by Crippen LogP contribution is 2.09. The smallest absolute Gasteiger partial charge is 0.00773 e. The van der Waals surface area contributed by atoms with Crippen LogP contribution >= 0.6 is 0 Å². The molecule has 0 unspecified atom stereocenters. The standard InChI is InChI=1S/C12H26N/c1-2-3-4-5-6-7-8-9-10-11-12-13/h3H,2,4-13H2,1H3. The molecule has 0 bridgehead atoms. The van der Waals surface area contributed by atoms with Gasteiger partial charge in [-0.05, 0) is 19.4 Å². The molecule has 0 aromatic rings. The largest absolute Gasteiger partial charge is 0.330 e. The Hall–Kier alpha value is -0.0400. The summed E-state index contributed by atoms with van der Waals surface area (Å²) in [4.78, 5) is 0. The van der Waals surface area contributed by atoms with Crippen LogP contribution in [0.4, 0.5) is 0 Å². The molecule has 0 rings (SSSR count). The van der Waals surface area contributed by atoms with Gasteiger partial charge in [-0.3, -0.25) is 0 Å². The van der Waals surface area contributed by atoms with Crippen molar-refractivity contribution in [3.05, 3.63) is 6.42 Å². The number of hydrogen-bond acceptors (Lipinski definition) is 1. The van der Waals surface area contributed by atoms with Crippen LogP contribution in [0.1, 0.15) is 64.7 Å². The van der Waals surface area contributed by atoms with Crippen molar-refractivity contribution in [2.75, 3.05) is 6.54 Å². The molecule has 2 N–H and O–H groups in total. The van der Waals surface area contributed by atoms with Crippen molar-refractivity contribution in [1.82, 2.24) is 0 Å². The molecule has 0 atom stereocenters. The lowest BCUT2D eigenvalue weighted by atomic mass is 10.1. The summed E-state index contributed by atoms with van der Waals surface area (Å²) >= 11 is 0. The van der Waals surface area contributed by atoms with Crippen LogP contribution in [0.2, 0.25) is 0 Å². The summed E-state index contributed by atoms with van der Waals surface area (Å²) in [6, 6.07) is 0. The quantitative estimate of drug-likeness (QED) is 0.515. The summed E-state index contributed by atoms with van der Waals surface area (Å²) in [5.41, 5.74) is 5.42. The zero-order chi connectivity index (χ0) is 9.78. The minimum Gasteiger partial charge on any atom is -0.330 e. The van der Waals surface area contributed by atoms with Gasteiger partial charge in [0.2, 0.25) is 0 Å². The minimum atomic E-state index is 0.867. The van der Waals surface area contributed by atoms with Crippen LogP contribution in [0.5, 0.6) is 0 Å². The fourth-order valence-electron chi connectivity index (χ4n) is 1.52. The van der Waals surface area contributed by atoms with Gasteiger partial charge in [0.25, 0.3) is 0 Å². The van der Waals surface area contributed by atoms with Gasteiger partial charge in [0.15, 0.2) is 0 Å². The molecule has 0 spiro atoms. The van der Waals surface area contributed by atoms with Crippen LogP contribution in [0.15, 0.2) is 0 Å². The summed E-state index contributed by atoms with van der Waals surface area (Å²) in [6.45, 7) is 3.08. The van der Waals surface area contributed by atoms with E-state index in [0.717, 1.165) is 6.54 Å². The van der Waals surface area contributed by atoms with Crippen molar-refractivity contribution >= 4 is 0 Å². The number of unbranched alkanes of at least 4 members (excludes halogenated alkanes) is 9. The van der Waals surface area contributed by atoms with Gasteiger partial charge in [-0.25, -0.2) is 0 Å². The molecule has 0 fully saturated rings. The maximum Gasteiger partial charge on any atom is -0.00773 e. The van der Waals surface area contributed by atoms with E-state index in [4.69, 9.17) is 5.73 Å². The predicted octanol–water partition coefficient (Wildman–Crippen LogP) is 3.68. The van der Waals surface area contributed by atoms with Crippen molar-refractivity contribution in [2.45, 2.75) is 64.7 Å². The number of nitrogens with two attached hydrogens (primary N) is 1. The Morgan fingerprint density at radius 1 is 0.846 bits per heavy atom. The monoisotopic (exact) mass is 184 g/mol. The lowest BCUT2D eigenvalue weighted by Crippen LogP contribution is -1.97. The zero-order valence-corrected chi connectivity index (χ0v) is 9.23. The molecular formula is C12H26N. The molecule has 0 heterocycles. The summed E-state index contributed by atoms with van der Waals surface area (Å²) < 4.78 is 0. The van der Waals surface area contributed by atoms with Gasteiger partial charge >= 0.3 is 0 Å². The Labute approximate surface area is 84.1 Å². The molecule has 79 valence electrons. The van der Waals surface area contributed by atoms with E-state index < -0.39 is 0 Å². The lowest BCUT2D eigenvalue weighted by Gasteiger charge is -2.00. The molecule has 0 aliphatic rings. The Bertz CT molecular complexity index is 71.2. The van der Waals surface area contributed by atoms with E-state index in [1.165, 1.54) is 57.8 Å². The first-order valence-corrected chi connectivity index (χ1v) is 5.93. The maximum absolute atomic E-state index is 5.42. The molecular weight excluding hydrogens is 158 g/mol. The average molecular weight is 184 g/mol. The van der Waals surface area contributed by atoms with Gasteiger partial charge in [0.1, 0.15) is 0 Å². The fourth-order valence-corrected chi connectivity index (χ4v) is 1.52. The highest BCUT2D eigenvalue weighted by molar-refractivity contribution is 4.60. The summed E-state index contributed by atoms with van der Waals surface area (Å²) in [6.07, 6.45) is 14.5. The average Bonchev–Trinajstić information content (AvgIpc) is 2.16. The SMILES string of the molecule is CC[CH]CCCCCCCCCN. The molecule has 1 nitrogen and oxygen atoms in total. The van der Waals surface area contributed by atoms with Crippen LogP contribution in [0.3, 0.4) is 0 Å². The van der Waals surface area contributed by atoms with Crippen LogP contribution < -0.4 is 5.73 Å². The first-order valence-electron chi connectivity index (χ1n) is 5.93. The second-order valence-electron chi connectivity index (χ2n) is 3.75. The Morgan fingerprint density at radius 3 is 1.92 bits per heavy atom. The summed E-state index contributed by atoms with van der Waals surface area (Å²) in [7, 11) is 0. The second kappa shape index (κ2) is 12.0. The first-order chi connectivity index (χ1) is 6.41. The van der Waals surface area contributed by atoms with E-state index in [1.807, 2.05) is 0 Å². The van der Waals surface area contributed by atoms with E-state index in [1.54, 1.807) is 0 Å². The molecule has 1 radical (unpaired) electrons. The van der Waals surface area contributed by atoms with Gasteiger partial charge < -0.3 is 5.73 Å². The molecule has 0 aromatic heterocycles. The van der Waals surface area contributed by atoms with Gasteiger partial charge in [-0.1, -0.05) is 58.3 Å². The molecule has 1 heteroatoms. The lowest BCUT2D eigenvalue weighted by molar-refractivity contribution is 0.578. The number of rotatable bonds is 10. The molecule has 0 amide bonds. The molecule has 0 aliphatic heterocycles. The topological polar surface area (TPSA) is 26.0 Å². The predicted molar refractivity (Wildman–Crippen MR) is 60.6 cm³/mol. The Morgan fingerprint density at radius 2 is 1.38 bits per heavy atom. The van der Waals surface area contributed by atoms with Gasteiger partial charge in [0.05, 0.1) is 0 Å². The van der Waals surface area contributed by atoms with Crippen LogP contribution in [0, 0.1) is 6.42 Å². The molecule has 13 heavy (non-hydrogen) atoms. The van der Waals surface area contributed by atoms with E-state index >= 15 is 0 Å². The minimum absolute atomic E-state index is 0.867. The fraction of sp³-hybridized carbons (Fsp3) is 0.917. The highest BCUT2D eigenvalue weighted by Gasteiger charge is 1.91. The third-order valence-corrected chi connectivity index (χ3v) is 2.40. The highest BCUT2D eigenvalue weighted by atomic mass is 14.5. The molecule has 0 saturated carbocycles. The van der Waals surface area contributed by atoms with E-state index in [-0.39, 0.29) is 0 Å². The van der Waals surface area contributed by atoms with Crippen LogP contribution in [-0.2, 0) is 0 Å². The van der Waals surface area contributed by atoms with Crippen molar-refractivity contribution in [3.8, 4) is 0 Å². The van der Waals surface area contributed by atoms with E-state index in [9.17, 15) is 0 Å². The third kappa shape index (κ3) is 12.0. The first kappa shape index (κ1) is 13.0. The van der Waals surface area contributed by atoms with Crippen molar-refractivity contribution < 1.29 is 0 Å². The van der Waals surface area contributed by atoms with E-state index in [0.29, 0.717) is 0 Å². The number of hydrogen-bond donors (Lipinski definition) is 1. The second-order valence-corrected chi connectivity index (χ2v) is 3.75. The van der Waals surface area contributed by atoms with Crippen LogP contribution in [-0.4, -0.2) is 6.54 Å². The Kier molecular flexibility index (Phi) is 11.9. The maximum atomic E-state index is 5.42. The van der Waals surface area contributed by atoms with Crippen LogP contribution in [0.25, 0.3) is 0 Å². The van der Waals surface area contributed by atoms with E-state index in [2.05, 4.69) is 13.3 Å². The molecule has 0 saturated heterocycles. The van der Waals surface area contributed by atoms with Crippen molar-refractivity contribution in [1.29, 1.82) is 0 Å². The zero-order valence-electron chi connectivity index (χ0n) is 9.23. The summed E-state index contributed by atoms with van der Waals surface area (Å²) in [5.74, 6) is 0.